The number of hydrogen-bond acceptors (Lipinski definition) is 5. The molecule has 0 N–H and O–H groups in total. The molecule has 0 aromatic carbocycles. The monoisotopic (exact) mass is 345 g/mol. The van der Waals surface area contributed by atoms with E-state index in [1.807, 2.05) is 19.9 Å². The molecule has 6 heteroatoms. The first kappa shape index (κ1) is 17.5. The molecule has 3 rings (SSSR count). The van der Waals surface area contributed by atoms with Crippen LogP contribution < -0.4 is 0 Å². The van der Waals surface area contributed by atoms with E-state index in [4.69, 9.17) is 13.9 Å². The second kappa shape index (κ2) is 7.27. The van der Waals surface area contributed by atoms with Gasteiger partial charge in [0.15, 0.2) is 6.61 Å². The Morgan fingerprint density at radius 2 is 2.08 bits per heavy atom. The van der Waals surface area contributed by atoms with Gasteiger partial charge in [-0.1, -0.05) is 0 Å². The van der Waals surface area contributed by atoms with Gasteiger partial charge in [0.1, 0.15) is 11.3 Å². The Hall–Kier alpha value is -2.34. The van der Waals surface area contributed by atoms with Crippen molar-refractivity contribution in [2.75, 3.05) is 13.2 Å². The number of nitrogens with zero attached hydrogens (tertiary/aromatic N) is 1. The summed E-state index contributed by atoms with van der Waals surface area (Å²) in [6, 6.07) is 3.39. The predicted molar refractivity (Wildman–Crippen MR) is 90.9 cm³/mol. The van der Waals surface area contributed by atoms with Gasteiger partial charge in [0.2, 0.25) is 5.78 Å². The summed E-state index contributed by atoms with van der Waals surface area (Å²) in [4.78, 5) is 24.5. The minimum absolute atomic E-state index is 0.203. The molecule has 0 spiro atoms. The second-order valence-corrected chi connectivity index (χ2v) is 6.42. The summed E-state index contributed by atoms with van der Waals surface area (Å²) < 4.78 is 18.0. The van der Waals surface area contributed by atoms with Crippen molar-refractivity contribution in [2.24, 2.45) is 0 Å². The van der Waals surface area contributed by atoms with Gasteiger partial charge < -0.3 is 18.5 Å². The van der Waals surface area contributed by atoms with Crippen molar-refractivity contribution in [3.8, 4) is 0 Å². The number of aryl methyl sites for hydroxylation is 2. The van der Waals surface area contributed by atoms with Crippen molar-refractivity contribution in [2.45, 2.75) is 46.3 Å². The van der Waals surface area contributed by atoms with Crippen LogP contribution in [0.2, 0.25) is 0 Å². The lowest BCUT2D eigenvalue weighted by molar-refractivity contribution is 0.0472. The topological polar surface area (TPSA) is 70.7 Å². The zero-order valence-corrected chi connectivity index (χ0v) is 14.8. The normalized spacial score (nSPS) is 17.0. The third-order valence-corrected chi connectivity index (χ3v) is 4.70. The Bertz CT molecular complexity index is 780. The maximum atomic E-state index is 12.5. The average Bonchev–Trinajstić information content (AvgIpc) is 3.30. The average molecular weight is 345 g/mol. The highest BCUT2D eigenvalue weighted by Crippen LogP contribution is 2.21. The van der Waals surface area contributed by atoms with Crippen LogP contribution in [0.1, 0.15) is 50.7 Å². The van der Waals surface area contributed by atoms with Crippen molar-refractivity contribution in [3.05, 3.63) is 46.7 Å². The van der Waals surface area contributed by atoms with E-state index in [0.717, 1.165) is 37.4 Å². The molecule has 25 heavy (non-hydrogen) atoms. The first-order valence-corrected chi connectivity index (χ1v) is 8.50. The summed E-state index contributed by atoms with van der Waals surface area (Å²) in [5.74, 6) is -0.277. The summed E-state index contributed by atoms with van der Waals surface area (Å²) in [5.41, 5.74) is 2.82. The number of ketones is 1. The molecule has 1 aliphatic rings. The smallest absolute Gasteiger partial charge is 0.342 e. The van der Waals surface area contributed by atoms with Crippen LogP contribution in [0.25, 0.3) is 0 Å². The van der Waals surface area contributed by atoms with Crippen molar-refractivity contribution in [1.29, 1.82) is 0 Å². The molecule has 0 aliphatic carbocycles. The van der Waals surface area contributed by atoms with Gasteiger partial charge in [0.25, 0.3) is 0 Å². The van der Waals surface area contributed by atoms with E-state index in [9.17, 15) is 9.59 Å². The summed E-state index contributed by atoms with van der Waals surface area (Å²) in [7, 11) is 0. The van der Waals surface area contributed by atoms with Crippen molar-refractivity contribution in [3.63, 3.8) is 0 Å². The molecular weight excluding hydrogens is 322 g/mol. The van der Waals surface area contributed by atoms with E-state index in [0.29, 0.717) is 16.9 Å². The largest absolute Gasteiger partial charge is 0.469 e. The Morgan fingerprint density at radius 1 is 1.28 bits per heavy atom. The molecule has 2 aromatic rings. The number of hydrogen-bond donors (Lipinski definition) is 0. The minimum atomic E-state index is -0.548. The highest BCUT2D eigenvalue weighted by atomic mass is 16.5. The van der Waals surface area contributed by atoms with Gasteiger partial charge in [-0.3, -0.25) is 4.79 Å². The fourth-order valence-corrected chi connectivity index (χ4v) is 3.24. The highest BCUT2D eigenvalue weighted by molar-refractivity contribution is 6.00. The van der Waals surface area contributed by atoms with E-state index in [-0.39, 0.29) is 18.5 Å². The third kappa shape index (κ3) is 3.69. The van der Waals surface area contributed by atoms with Gasteiger partial charge in [0, 0.05) is 30.1 Å². The zero-order valence-electron chi connectivity index (χ0n) is 14.8. The standard InChI is InChI=1S/C19H23NO5/c1-12-9-17(13(2)20(12)10-15-5-4-7-24-15)18(21)11-25-19(22)16-6-8-23-14(16)3/h6,8-9,15H,4-5,7,10-11H2,1-3H3/t15-/m0/s1. The minimum Gasteiger partial charge on any atom is -0.469 e. The number of esters is 1. The number of carbonyl (C=O) groups is 2. The molecule has 1 atom stereocenters. The lowest BCUT2D eigenvalue weighted by atomic mass is 10.1. The molecule has 1 fully saturated rings. The van der Waals surface area contributed by atoms with E-state index < -0.39 is 5.97 Å². The molecule has 0 amide bonds. The van der Waals surface area contributed by atoms with Gasteiger partial charge in [-0.2, -0.15) is 0 Å². The number of furan rings is 1. The zero-order chi connectivity index (χ0) is 18.0. The molecule has 134 valence electrons. The Morgan fingerprint density at radius 3 is 2.72 bits per heavy atom. The number of carbonyl (C=O) groups excluding carboxylic acids is 2. The lowest BCUT2D eigenvalue weighted by Crippen LogP contribution is -2.18. The Balaban J connectivity index is 1.66. The molecule has 0 bridgehead atoms. The predicted octanol–water partition coefficient (Wildman–Crippen LogP) is 3.23. The summed E-state index contributed by atoms with van der Waals surface area (Å²) in [6.45, 7) is 6.83. The van der Waals surface area contributed by atoms with Gasteiger partial charge in [-0.05, 0) is 45.7 Å². The number of Topliss-reactive ketones (excluding diaryl/α,β-unsaturated/α-hetero) is 1. The van der Waals surface area contributed by atoms with Crippen LogP contribution in [0.4, 0.5) is 0 Å². The molecule has 6 nitrogen and oxygen atoms in total. The van der Waals surface area contributed by atoms with Crippen molar-refractivity contribution >= 4 is 11.8 Å². The van der Waals surface area contributed by atoms with Gasteiger partial charge in [-0.25, -0.2) is 4.79 Å². The quantitative estimate of drug-likeness (QED) is 0.594. The summed E-state index contributed by atoms with van der Waals surface area (Å²) in [6.07, 6.45) is 3.75. The fourth-order valence-electron chi connectivity index (χ4n) is 3.24. The van der Waals surface area contributed by atoms with Crippen LogP contribution in [0.15, 0.2) is 22.8 Å². The van der Waals surface area contributed by atoms with Crippen LogP contribution in [-0.2, 0) is 16.0 Å². The van der Waals surface area contributed by atoms with Gasteiger partial charge in [0.05, 0.1) is 12.4 Å². The number of ether oxygens (including phenoxy) is 2. The second-order valence-electron chi connectivity index (χ2n) is 6.42. The van der Waals surface area contributed by atoms with Crippen LogP contribution in [-0.4, -0.2) is 35.6 Å². The first-order chi connectivity index (χ1) is 12.0. The molecule has 3 heterocycles. The van der Waals surface area contributed by atoms with E-state index in [1.165, 1.54) is 12.3 Å². The molecule has 0 radical (unpaired) electrons. The Kier molecular flexibility index (Phi) is 5.08. The molecular formula is C19H23NO5. The van der Waals surface area contributed by atoms with E-state index in [1.54, 1.807) is 6.92 Å². The SMILES string of the molecule is Cc1occc1C(=O)OCC(=O)c1cc(C)n(C[C@@H]2CCCO2)c1C. The Labute approximate surface area is 146 Å². The molecule has 1 saturated heterocycles. The third-order valence-electron chi connectivity index (χ3n) is 4.70. The number of aromatic nitrogens is 1. The molecule has 1 aliphatic heterocycles. The molecule has 0 saturated carbocycles. The van der Waals surface area contributed by atoms with Crippen LogP contribution in [0.3, 0.4) is 0 Å². The van der Waals surface area contributed by atoms with Crippen LogP contribution >= 0.6 is 0 Å². The number of rotatable bonds is 6. The van der Waals surface area contributed by atoms with Gasteiger partial charge in [-0.15, -0.1) is 0 Å². The van der Waals surface area contributed by atoms with Crippen molar-refractivity contribution in [1.82, 2.24) is 4.57 Å². The molecule has 0 unspecified atom stereocenters. The maximum Gasteiger partial charge on any atom is 0.342 e. The molecule has 2 aromatic heterocycles. The lowest BCUT2D eigenvalue weighted by Gasteiger charge is -2.14. The summed E-state index contributed by atoms with van der Waals surface area (Å²) >= 11 is 0. The fraction of sp³-hybridized carbons (Fsp3) is 0.474. The maximum absolute atomic E-state index is 12.5. The van der Waals surface area contributed by atoms with E-state index >= 15 is 0 Å². The first-order valence-electron chi connectivity index (χ1n) is 8.50. The van der Waals surface area contributed by atoms with E-state index in [2.05, 4.69) is 4.57 Å². The van der Waals surface area contributed by atoms with Crippen LogP contribution in [0, 0.1) is 20.8 Å². The van der Waals surface area contributed by atoms with Gasteiger partial charge >= 0.3 is 5.97 Å². The summed E-state index contributed by atoms with van der Waals surface area (Å²) in [5, 5.41) is 0. The van der Waals surface area contributed by atoms with Crippen molar-refractivity contribution < 1.29 is 23.5 Å². The highest BCUT2D eigenvalue weighted by Gasteiger charge is 2.22. The van der Waals surface area contributed by atoms with Crippen LogP contribution in [0.5, 0.6) is 0 Å².